The number of nitrogens with one attached hydrogen (secondary N) is 1. The monoisotopic (exact) mass is 283 g/mol. The average molecular weight is 283 g/mol. The third-order valence-corrected chi connectivity index (χ3v) is 3.82. The van der Waals surface area contributed by atoms with Gasteiger partial charge in [0.15, 0.2) is 6.10 Å². The molecule has 0 amide bonds. The molecule has 2 aromatic carbocycles. The van der Waals surface area contributed by atoms with E-state index in [2.05, 4.69) is 31.3 Å². The Kier molecular flexibility index (Phi) is 4.11. The molecule has 0 aromatic heterocycles. The summed E-state index contributed by atoms with van der Waals surface area (Å²) in [6.45, 7) is 5.63. The van der Waals surface area contributed by atoms with Crippen molar-refractivity contribution in [3.8, 4) is 11.5 Å². The maximum absolute atomic E-state index is 6.22. The number of hydrogen-bond acceptors (Lipinski definition) is 3. The number of benzene rings is 2. The second kappa shape index (κ2) is 6.19. The van der Waals surface area contributed by atoms with E-state index < -0.39 is 0 Å². The molecule has 1 aliphatic rings. The number of aryl methyl sites for hydroxylation is 1. The predicted octanol–water partition coefficient (Wildman–Crippen LogP) is 3.49. The lowest BCUT2D eigenvalue weighted by Gasteiger charge is -2.34. The van der Waals surface area contributed by atoms with E-state index in [1.165, 1.54) is 5.56 Å². The first-order valence-corrected chi connectivity index (χ1v) is 7.47. The zero-order valence-corrected chi connectivity index (χ0v) is 12.5. The fourth-order valence-electron chi connectivity index (χ4n) is 2.75. The van der Waals surface area contributed by atoms with Crippen LogP contribution in [0.5, 0.6) is 11.5 Å². The van der Waals surface area contributed by atoms with Crippen molar-refractivity contribution in [1.82, 2.24) is 5.32 Å². The molecule has 1 heterocycles. The van der Waals surface area contributed by atoms with E-state index in [0.717, 1.165) is 23.6 Å². The maximum atomic E-state index is 6.22. The minimum atomic E-state index is -0.0269. The summed E-state index contributed by atoms with van der Waals surface area (Å²) in [4.78, 5) is 0. The Morgan fingerprint density at radius 3 is 2.71 bits per heavy atom. The molecule has 0 aliphatic carbocycles. The molecule has 3 rings (SSSR count). The summed E-state index contributed by atoms with van der Waals surface area (Å²) in [7, 11) is 0. The van der Waals surface area contributed by atoms with Gasteiger partial charge in [0.05, 0.1) is 6.04 Å². The number of rotatable bonds is 4. The standard InChI is InChI=1S/C18H21NO2/c1-3-19-18-14-9-5-7-11-16(14)20-12-17(18)21-15-10-6-4-8-13(15)2/h4-11,17-19H,3,12H2,1-2H3. The van der Waals surface area contributed by atoms with Gasteiger partial charge in [-0.25, -0.2) is 0 Å². The van der Waals surface area contributed by atoms with Crippen LogP contribution in [0.25, 0.3) is 0 Å². The molecule has 0 spiro atoms. The molecule has 21 heavy (non-hydrogen) atoms. The quantitative estimate of drug-likeness (QED) is 0.931. The average Bonchev–Trinajstić information content (AvgIpc) is 2.52. The normalized spacial score (nSPS) is 20.5. The minimum Gasteiger partial charge on any atom is -0.489 e. The molecule has 3 nitrogen and oxygen atoms in total. The van der Waals surface area contributed by atoms with Gasteiger partial charge in [0, 0.05) is 5.56 Å². The van der Waals surface area contributed by atoms with Crippen LogP contribution in [0.4, 0.5) is 0 Å². The molecule has 2 aromatic rings. The van der Waals surface area contributed by atoms with Crippen LogP contribution in [-0.4, -0.2) is 19.3 Å². The molecule has 2 unspecified atom stereocenters. The highest BCUT2D eigenvalue weighted by molar-refractivity contribution is 5.39. The Hall–Kier alpha value is -2.00. The largest absolute Gasteiger partial charge is 0.489 e. The molecule has 0 saturated carbocycles. The van der Waals surface area contributed by atoms with Gasteiger partial charge in [0.1, 0.15) is 18.1 Å². The van der Waals surface area contributed by atoms with Crippen LogP contribution in [0.1, 0.15) is 24.1 Å². The first kappa shape index (κ1) is 14.0. The third kappa shape index (κ3) is 2.88. The molecule has 1 N–H and O–H groups in total. The highest BCUT2D eigenvalue weighted by Crippen LogP contribution is 2.34. The number of ether oxygens (including phenoxy) is 2. The first-order valence-electron chi connectivity index (χ1n) is 7.47. The summed E-state index contributed by atoms with van der Waals surface area (Å²) in [6, 6.07) is 16.4. The first-order chi connectivity index (χ1) is 10.3. The van der Waals surface area contributed by atoms with E-state index in [9.17, 15) is 0 Å². The molecule has 110 valence electrons. The maximum Gasteiger partial charge on any atom is 0.152 e. The molecule has 0 bridgehead atoms. The fourth-order valence-corrected chi connectivity index (χ4v) is 2.75. The summed E-state index contributed by atoms with van der Waals surface area (Å²) < 4.78 is 12.1. The van der Waals surface area contributed by atoms with Crippen molar-refractivity contribution in [2.24, 2.45) is 0 Å². The Balaban J connectivity index is 1.87. The van der Waals surface area contributed by atoms with Crippen LogP contribution in [0.15, 0.2) is 48.5 Å². The van der Waals surface area contributed by atoms with Crippen LogP contribution >= 0.6 is 0 Å². The van der Waals surface area contributed by atoms with Crippen molar-refractivity contribution in [1.29, 1.82) is 0 Å². The van der Waals surface area contributed by atoms with E-state index >= 15 is 0 Å². The molecular weight excluding hydrogens is 262 g/mol. The number of hydrogen-bond donors (Lipinski definition) is 1. The molecule has 1 aliphatic heterocycles. The van der Waals surface area contributed by atoms with Crippen molar-refractivity contribution in [3.05, 3.63) is 59.7 Å². The third-order valence-electron chi connectivity index (χ3n) is 3.82. The SMILES string of the molecule is CCNC1c2ccccc2OCC1Oc1ccccc1C. The van der Waals surface area contributed by atoms with Crippen LogP contribution in [0.3, 0.4) is 0 Å². The molecule has 0 radical (unpaired) electrons. The van der Waals surface area contributed by atoms with E-state index in [0.29, 0.717) is 6.61 Å². The Bertz CT molecular complexity index is 612. The second-order valence-corrected chi connectivity index (χ2v) is 5.31. The van der Waals surface area contributed by atoms with Gasteiger partial charge in [-0.1, -0.05) is 43.3 Å². The highest BCUT2D eigenvalue weighted by atomic mass is 16.5. The molecule has 2 atom stereocenters. The van der Waals surface area contributed by atoms with E-state index in [-0.39, 0.29) is 12.1 Å². The van der Waals surface area contributed by atoms with Crippen LogP contribution in [0.2, 0.25) is 0 Å². The smallest absolute Gasteiger partial charge is 0.152 e. The van der Waals surface area contributed by atoms with Crippen LogP contribution < -0.4 is 14.8 Å². The van der Waals surface area contributed by atoms with Gasteiger partial charge in [-0.3, -0.25) is 0 Å². The Morgan fingerprint density at radius 2 is 1.90 bits per heavy atom. The van der Waals surface area contributed by atoms with Crippen LogP contribution in [-0.2, 0) is 0 Å². The van der Waals surface area contributed by atoms with E-state index in [1.807, 2.05) is 36.4 Å². The Labute approximate surface area is 125 Å². The number of fused-ring (bicyclic) bond motifs is 1. The second-order valence-electron chi connectivity index (χ2n) is 5.31. The summed E-state index contributed by atoms with van der Waals surface area (Å²) in [5, 5.41) is 3.53. The van der Waals surface area contributed by atoms with Crippen molar-refractivity contribution >= 4 is 0 Å². The van der Waals surface area contributed by atoms with Gasteiger partial charge in [-0.15, -0.1) is 0 Å². The molecule has 0 saturated heterocycles. The van der Waals surface area contributed by atoms with Gasteiger partial charge >= 0.3 is 0 Å². The summed E-state index contributed by atoms with van der Waals surface area (Å²) >= 11 is 0. The zero-order chi connectivity index (χ0) is 14.7. The zero-order valence-electron chi connectivity index (χ0n) is 12.5. The summed E-state index contributed by atoms with van der Waals surface area (Å²) in [5.74, 6) is 1.88. The van der Waals surface area contributed by atoms with Gasteiger partial charge in [-0.05, 0) is 31.2 Å². The van der Waals surface area contributed by atoms with E-state index in [4.69, 9.17) is 9.47 Å². The molecule has 0 fully saturated rings. The lowest BCUT2D eigenvalue weighted by molar-refractivity contribution is 0.0747. The van der Waals surface area contributed by atoms with Crippen LogP contribution in [0, 0.1) is 6.92 Å². The number of likely N-dealkylation sites (N-methyl/N-ethyl adjacent to an activating group) is 1. The molecule has 3 heteroatoms. The fraction of sp³-hybridized carbons (Fsp3) is 0.333. The lowest BCUT2D eigenvalue weighted by Crippen LogP contribution is -2.42. The number of para-hydroxylation sites is 2. The van der Waals surface area contributed by atoms with Crippen molar-refractivity contribution in [2.45, 2.75) is 26.0 Å². The molecular formula is C18H21NO2. The van der Waals surface area contributed by atoms with Gasteiger partial charge < -0.3 is 14.8 Å². The Morgan fingerprint density at radius 1 is 1.14 bits per heavy atom. The highest BCUT2D eigenvalue weighted by Gasteiger charge is 2.32. The van der Waals surface area contributed by atoms with Gasteiger partial charge in [0.25, 0.3) is 0 Å². The van der Waals surface area contributed by atoms with Gasteiger partial charge in [0.2, 0.25) is 0 Å². The van der Waals surface area contributed by atoms with Gasteiger partial charge in [-0.2, -0.15) is 0 Å². The summed E-state index contributed by atoms with van der Waals surface area (Å²) in [5.41, 5.74) is 2.32. The van der Waals surface area contributed by atoms with Crippen molar-refractivity contribution in [2.75, 3.05) is 13.2 Å². The topological polar surface area (TPSA) is 30.5 Å². The lowest BCUT2D eigenvalue weighted by atomic mass is 9.98. The summed E-state index contributed by atoms with van der Waals surface area (Å²) in [6.07, 6.45) is -0.0269. The van der Waals surface area contributed by atoms with E-state index in [1.54, 1.807) is 0 Å². The van der Waals surface area contributed by atoms with Crippen molar-refractivity contribution in [3.63, 3.8) is 0 Å². The van der Waals surface area contributed by atoms with Crippen molar-refractivity contribution < 1.29 is 9.47 Å². The predicted molar refractivity (Wildman–Crippen MR) is 83.9 cm³/mol. The minimum absolute atomic E-state index is 0.0269.